The Bertz CT molecular complexity index is 957. The molecule has 1 aliphatic rings. The molecule has 2 aromatic carbocycles. The van der Waals surface area contributed by atoms with Gasteiger partial charge in [-0.2, -0.15) is 0 Å². The number of nitrogens with one attached hydrogen (secondary N) is 2. The lowest BCUT2D eigenvalue weighted by molar-refractivity contribution is 0.408. The van der Waals surface area contributed by atoms with Crippen LogP contribution in [0.25, 0.3) is 0 Å². The minimum absolute atomic E-state index is 0.0365. The average molecular weight is 614 g/mol. The number of fused-ring (bicyclic) bond motifs is 1. The predicted octanol–water partition coefficient (Wildman–Crippen LogP) is 3.41. The Hall–Kier alpha value is -0.790. The van der Waals surface area contributed by atoms with Gasteiger partial charge in [-0.3, -0.25) is 4.72 Å². The number of rotatable bonds is 5. The van der Waals surface area contributed by atoms with Gasteiger partial charge in [0.25, 0.3) is 0 Å². The molecule has 1 heterocycles. The van der Waals surface area contributed by atoms with Gasteiger partial charge in [0.15, 0.2) is 0 Å². The summed E-state index contributed by atoms with van der Waals surface area (Å²) in [5.74, 6) is 0.829. The van der Waals surface area contributed by atoms with Crippen LogP contribution in [0, 0.1) is 7.14 Å². The van der Waals surface area contributed by atoms with E-state index in [0.29, 0.717) is 0 Å². The van der Waals surface area contributed by atoms with Crippen LogP contribution in [-0.2, 0) is 22.9 Å². The molecule has 9 heteroatoms. The van der Waals surface area contributed by atoms with Crippen molar-refractivity contribution in [1.29, 1.82) is 0 Å². The summed E-state index contributed by atoms with van der Waals surface area (Å²) in [5.41, 5.74) is 3.42. The van der Waals surface area contributed by atoms with Gasteiger partial charge in [-0.05, 0) is 106 Å². The number of anilines is 1. The lowest BCUT2D eigenvalue weighted by Crippen LogP contribution is -2.31. The van der Waals surface area contributed by atoms with E-state index in [2.05, 4.69) is 67.4 Å². The van der Waals surface area contributed by atoms with Crippen molar-refractivity contribution in [3.05, 3.63) is 48.1 Å². The van der Waals surface area contributed by atoms with Crippen LogP contribution in [0.3, 0.4) is 0 Å². The maximum absolute atomic E-state index is 11.6. The number of hydrogen-bond donors (Lipinski definition) is 3. The van der Waals surface area contributed by atoms with Crippen molar-refractivity contribution in [3.63, 3.8) is 0 Å². The minimum Gasteiger partial charge on any atom is -0.506 e. The molecular formula is C18H20I2N2O4S. The van der Waals surface area contributed by atoms with Crippen molar-refractivity contribution in [1.82, 2.24) is 5.32 Å². The van der Waals surface area contributed by atoms with E-state index in [-0.39, 0.29) is 17.5 Å². The Kier molecular flexibility index (Phi) is 6.43. The van der Waals surface area contributed by atoms with Gasteiger partial charge in [-0.15, -0.1) is 0 Å². The highest BCUT2D eigenvalue weighted by Gasteiger charge is 2.23. The first kappa shape index (κ1) is 20.9. The molecule has 0 saturated carbocycles. The fourth-order valence-corrected chi connectivity index (χ4v) is 6.21. The van der Waals surface area contributed by atoms with Crippen molar-refractivity contribution in [2.45, 2.75) is 18.9 Å². The monoisotopic (exact) mass is 614 g/mol. The second-order valence-electron chi connectivity index (χ2n) is 6.50. The van der Waals surface area contributed by atoms with Crippen molar-refractivity contribution in [2.24, 2.45) is 0 Å². The Morgan fingerprint density at radius 2 is 1.93 bits per heavy atom. The number of phenolic OH excluding ortho intramolecular Hbond substituents is 1. The van der Waals surface area contributed by atoms with E-state index in [1.54, 1.807) is 19.2 Å². The first-order valence-electron chi connectivity index (χ1n) is 8.27. The number of hydrogen-bond acceptors (Lipinski definition) is 5. The highest BCUT2D eigenvalue weighted by molar-refractivity contribution is 14.1. The van der Waals surface area contributed by atoms with E-state index >= 15 is 0 Å². The van der Waals surface area contributed by atoms with Gasteiger partial charge in [0.1, 0.15) is 11.5 Å². The second-order valence-corrected chi connectivity index (χ2v) is 10.6. The minimum atomic E-state index is -3.47. The zero-order chi connectivity index (χ0) is 19.8. The van der Waals surface area contributed by atoms with Crippen LogP contribution < -0.4 is 14.8 Å². The van der Waals surface area contributed by atoms with Crippen LogP contribution in [0.4, 0.5) is 5.69 Å². The molecule has 1 unspecified atom stereocenters. The summed E-state index contributed by atoms with van der Waals surface area (Å²) in [6.07, 6.45) is 2.62. The molecule has 6 nitrogen and oxygen atoms in total. The first-order valence-corrected chi connectivity index (χ1v) is 12.3. The quantitative estimate of drug-likeness (QED) is 0.355. The van der Waals surface area contributed by atoms with Crippen molar-refractivity contribution in [2.75, 3.05) is 24.6 Å². The summed E-state index contributed by atoms with van der Waals surface area (Å²) >= 11 is 4.54. The highest BCUT2D eigenvalue weighted by atomic mass is 127. The van der Waals surface area contributed by atoms with Crippen molar-refractivity contribution >= 4 is 60.9 Å². The normalized spacial score (nSPS) is 16.7. The fourth-order valence-electron chi connectivity index (χ4n) is 3.30. The largest absolute Gasteiger partial charge is 0.506 e. The second kappa shape index (κ2) is 8.29. The lowest BCUT2D eigenvalue weighted by atomic mass is 9.89. The third kappa shape index (κ3) is 4.98. The fraction of sp³-hybridized carbons (Fsp3) is 0.333. The molecule has 3 rings (SSSR count). The van der Waals surface area contributed by atoms with Gasteiger partial charge < -0.3 is 15.2 Å². The molecule has 146 valence electrons. The molecule has 0 aromatic heterocycles. The Morgan fingerprint density at radius 1 is 1.26 bits per heavy atom. The SMILES string of the molecule is COc1c(I)cc(CC2NCCc3cc(O)c(NS(C)(=O)=O)cc32)cc1I. The average Bonchev–Trinajstić information content (AvgIpc) is 2.55. The smallest absolute Gasteiger partial charge is 0.229 e. The summed E-state index contributed by atoms with van der Waals surface area (Å²) in [6.45, 7) is 0.806. The van der Waals surface area contributed by atoms with Crippen molar-refractivity contribution in [3.8, 4) is 11.5 Å². The van der Waals surface area contributed by atoms with Gasteiger partial charge in [0.05, 0.1) is 26.2 Å². The maximum atomic E-state index is 11.6. The summed E-state index contributed by atoms with van der Waals surface area (Å²) in [6, 6.07) is 7.65. The van der Waals surface area contributed by atoms with Crippen LogP contribution in [0.2, 0.25) is 0 Å². The molecule has 0 fully saturated rings. The molecule has 3 N–H and O–H groups in total. The van der Waals surface area contributed by atoms with E-state index in [4.69, 9.17) is 4.74 Å². The van der Waals surface area contributed by atoms with Crippen molar-refractivity contribution < 1.29 is 18.3 Å². The van der Waals surface area contributed by atoms with E-state index in [0.717, 1.165) is 49.7 Å². The van der Waals surface area contributed by atoms with E-state index in [1.165, 1.54) is 5.56 Å². The van der Waals surface area contributed by atoms with Crippen LogP contribution in [0.15, 0.2) is 24.3 Å². The van der Waals surface area contributed by atoms with E-state index in [1.807, 2.05) is 0 Å². The van der Waals surface area contributed by atoms with Crippen LogP contribution in [0.5, 0.6) is 11.5 Å². The topological polar surface area (TPSA) is 87.7 Å². The van der Waals surface area contributed by atoms with Gasteiger partial charge in [0, 0.05) is 6.04 Å². The van der Waals surface area contributed by atoms with E-state index in [9.17, 15) is 13.5 Å². The predicted molar refractivity (Wildman–Crippen MR) is 123 cm³/mol. The summed E-state index contributed by atoms with van der Waals surface area (Å²) < 4.78 is 33.1. The van der Waals surface area contributed by atoms with Gasteiger partial charge in [-0.1, -0.05) is 0 Å². The number of ether oxygens (including phenoxy) is 1. The van der Waals surface area contributed by atoms with Gasteiger partial charge >= 0.3 is 0 Å². The molecule has 0 aliphatic carbocycles. The third-order valence-corrected chi connectivity index (χ3v) is 6.61. The molecule has 27 heavy (non-hydrogen) atoms. The molecule has 2 aromatic rings. The Labute approximate surface area is 186 Å². The number of benzene rings is 2. The zero-order valence-corrected chi connectivity index (χ0v) is 20.0. The maximum Gasteiger partial charge on any atom is 0.229 e. The molecular weight excluding hydrogens is 594 g/mol. The molecule has 1 aliphatic heterocycles. The van der Waals surface area contributed by atoms with E-state index < -0.39 is 10.0 Å². The molecule has 0 saturated heterocycles. The molecule has 0 radical (unpaired) electrons. The number of aromatic hydroxyl groups is 1. The van der Waals surface area contributed by atoms with Crippen LogP contribution in [0.1, 0.15) is 22.7 Å². The number of halogens is 2. The highest BCUT2D eigenvalue weighted by Crippen LogP contribution is 2.36. The van der Waals surface area contributed by atoms with Gasteiger partial charge in [0.2, 0.25) is 10.0 Å². The first-order chi connectivity index (χ1) is 12.7. The molecule has 1 atom stereocenters. The van der Waals surface area contributed by atoms with Crippen LogP contribution in [-0.4, -0.2) is 33.4 Å². The van der Waals surface area contributed by atoms with Gasteiger partial charge in [-0.25, -0.2) is 8.42 Å². The lowest BCUT2D eigenvalue weighted by Gasteiger charge is -2.28. The summed E-state index contributed by atoms with van der Waals surface area (Å²) in [5, 5.41) is 13.7. The van der Waals surface area contributed by atoms with Crippen LogP contribution >= 0.6 is 45.2 Å². The zero-order valence-electron chi connectivity index (χ0n) is 14.8. The Morgan fingerprint density at radius 3 is 2.52 bits per heavy atom. The molecule has 0 spiro atoms. The standard InChI is InChI=1S/C18H20I2N2O4S/c1-26-18-13(19)5-10(6-14(18)20)7-15-12-9-16(22-27(2,24)25)17(23)8-11(12)3-4-21-15/h5-6,8-9,15,21-23H,3-4,7H2,1-2H3. The molecule has 0 bridgehead atoms. The molecule has 0 amide bonds. The summed E-state index contributed by atoms with van der Waals surface area (Å²) in [7, 11) is -1.80. The number of methoxy groups -OCH3 is 1. The number of phenols is 1. The summed E-state index contributed by atoms with van der Waals surface area (Å²) in [4.78, 5) is 0. The number of sulfonamides is 1. The third-order valence-electron chi connectivity index (χ3n) is 4.42. The Balaban J connectivity index is 1.95.